The summed E-state index contributed by atoms with van der Waals surface area (Å²) in [6.45, 7) is 52.6. The van der Waals surface area contributed by atoms with Crippen LogP contribution in [-0.4, -0.2) is 0 Å². The number of hydrogen-bond donors (Lipinski definition) is 0. The van der Waals surface area contributed by atoms with Gasteiger partial charge in [-0.15, -0.1) is 0 Å². The Morgan fingerprint density at radius 1 is 0.152 bits per heavy atom. The second kappa shape index (κ2) is 40.0. The number of aryl methyl sites for hydroxylation is 12. The first-order chi connectivity index (χ1) is 59.0. The highest BCUT2D eigenvalue weighted by Crippen LogP contribution is 2.43. The summed E-state index contributed by atoms with van der Waals surface area (Å²) in [5, 5.41) is 0. The molecule has 0 spiro atoms. The Hall–Kier alpha value is -12.5. The van der Waals surface area contributed by atoms with E-state index >= 15 is 0 Å². The number of nitrogens with zero attached hydrogens (tertiary/aromatic N) is 3. The number of alkyl halides is 3. The van der Waals surface area contributed by atoms with Crippen molar-refractivity contribution in [2.75, 3.05) is 14.7 Å². The van der Waals surface area contributed by atoms with Gasteiger partial charge in [0.05, 0.1) is 5.56 Å². The van der Waals surface area contributed by atoms with E-state index in [-0.39, 0.29) is 21.7 Å². The van der Waals surface area contributed by atoms with Gasteiger partial charge in [0.2, 0.25) is 0 Å². The molecule has 0 saturated carbocycles. The second-order valence-electron chi connectivity index (χ2n) is 38.3. The van der Waals surface area contributed by atoms with Crippen LogP contribution in [-0.2, 0) is 27.8 Å². The van der Waals surface area contributed by atoms with Crippen LogP contribution in [0.3, 0.4) is 0 Å². The maximum absolute atomic E-state index is 12.5. The predicted molar refractivity (Wildman–Crippen MR) is 535 cm³/mol. The Kier molecular flexibility index (Phi) is 29.8. The zero-order valence-electron chi connectivity index (χ0n) is 78.3. The van der Waals surface area contributed by atoms with Crippen LogP contribution in [0.2, 0.25) is 0 Å². The van der Waals surface area contributed by atoms with Crippen molar-refractivity contribution >= 4 is 51.2 Å². The summed E-state index contributed by atoms with van der Waals surface area (Å²) in [5.41, 5.74) is 40.5. The highest BCUT2D eigenvalue weighted by atomic mass is 19.4. The summed E-state index contributed by atoms with van der Waals surface area (Å²) in [5.74, 6) is 0. The van der Waals surface area contributed by atoms with Crippen LogP contribution in [0.5, 0.6) is 0 Å². The molecule has 0 radical (unpaired) electrons. The van der Waals surface area contributed by atoms with Gasteiger partial charge in [0.1, 0.15) is 0 Å². The molecular formula is C119H128F3N3. The van der Waals surface area contributed by atoms with Crippen LogP contribution in [0, 0.1) is 83.1 Å². The Morgan fingerprint density at radius 2 is 0.328 bits per heavy atom. The lowest BCUT2D eigenvalue weighted by Gasteiger charge is -2.28. The van der Waals surface area contributed by atoms with Crippen molar-refractivity contribution in [1.29, 1.82) is 0 Å². The minimum absolute atomic E-state index is 0.150. The topological polar surface area (TPSA) is 9.72 Å². The number of halogens is 3. The summed E-state index contributed by atoms with van der Waals surface area (Å²) in [6, 6.07) is 120. The fourth-order valence-electron chi connectivity index (χ4n) is 15.9. The average Bonchev–Trinajstić information content (AvgIpc) is 0.798. The largest absolute Gasteiger partial charge is 0.416 e. The molecule has 15 rings (SSSR count). The van der Waals surface area contributed by atoms with Gasteiger partial charge >= 0.3 is 6.18 Å². The van der Waals surface area contributed by atoms with Crippen molar-refractivity contribution in [1.82, 2.24) is 0 Å². The molecule has 0 amide bonds. The third kappa shape index (κ3) is 25.8. The van der Waals surface area contributed by atoms with Gasteiger partial charge in [0.15, 0.2) is 0 Å². The average molecular weight is 1660 g/mol. The van der Waals surface area contributed by atoms with E-state index in [1.54, 1.807) is 0 Å². The minimum atomic E-state index is -4.28. The van der Waals surface area contributed by atoms with Crippen LogP contribution in [0.4, 0.5) is 64.4 Å². The van der Waals surface area contributed by atoms with E-state index in [2.05, 4.69) is 452 Å². The molecule has 15 aromatic carbocycles. The molecule has 125 heavy (non-hydrogen) atoms. The summed E-state index contributed by atoms with van der Waals surface area (Å²) in [4.78, 5) is 6.97. The van der Waals surface area contributed by atoms with E-state index < -0.39 is 11.7 Å². The second-order valence-corrected chi connectivity index (χ2v) is 38.3. The molecule has 0 atom stereocenters. The van der Waals surface area contributed by atoms with Crippen LogP contribution in [0.25, 0.3) is 44.5 Å². The molecule has 0 N–H and O–H groups in total. The first kappa shape index (κ1) is 93.2. The van der Waals surface area contributed by atoms with Crippen LogP contribution in [0.15, 0.2) is 340 Å². The lowest BCUT2D eigenvalue weighted by Crippen LogP contribution is -2.14. The standard InChI is InChI=1S/C34H38.C28H35N.C22H23N.C20H19N.C15H13F3/c1-23-17-24(2)19-27(18-23)30-21-28(25-9-13-31(14-10-25)33(3,4)5)20-29(22-30)26-11-15-32(16-12-26)34(6,7)8;1-20-17-21(2)19-26(18-20)29(24-13-9-22(10-14-24)27(3,4)5)25-15-11-23(12-16-25)28(6,7)8;1-16-5-9-20(10-6-16)23(21-11-7-17(2)8-12-21)22-14-18(3)13-19(4)15-22;1-16-13-17(2)15-20(14-16)21(18-9-5-3-6-10-18)19-11-7-4-8-12-19;1-10-7-11(2)9-13(8-10)12-3-5-14(6-4-12)15(16,17)18/h9-22H,1-8H3;9-19H,1-8H3;5-15H,1-4H3;3-15H,1-2H3;3-9H,1-2H3. The van der Waals surface area contributed by atoms with Gasteiger partial charge < -0.3 is 14.7 Å². The normalized spacial score (nSPS) is 11.5. The SMILES string of the molecule is Cc1cc(C)cc(-c2cc(-c3ccc(C(C)(C)C)cc3)cc(-c3ccc(C(C)(C)C)cc3)c2)c1.Cc1cc(C)cc(-c2ccc(C(F)(F)F)cc2)c1.Cc1cc(C)cc(N(c2ccc(C(C)(C)C)cc2)c2ccc(C(C)(C)C)cc2)c1.Cc1cc(C)cc(N(c2ccccc2)c2ccccc2)c1.Cc1ccc(N(c2ccc(C)cc2)c2cc(C)cc(C)c2)cc1. The molecule has 15 aromatic rings. The number of para-hydroxylation sites is 2. The molecule has 0 bridgehead atoms. The lowest BCUT2D eigenvalue weighted by molar-refractivity contribution is -0.137. The van der Waals surface area contributed by atoms with Crippen molar-refractivity contribution in [3.8, 4) is 44.5 Å². The highest BCUT2D eigenvalue weighted by molar-refractivity contribution is 5.84. The zero-order valence-corrected chi connectivity index (χ0v) is 78.3. The molecular weight excluding hydrogens is 1530 g/mol. The Bertz CT molecular complexity index is 5730. The predicted octanol–water partition coefficient (Wildman–Crippen LogP) is 35.4. The van der Waals surface area contributed by atoms with Crippen LogP contribution in [0.1, 0.15) is 178 Å². The van der Waals surface area contributed by atoms with E-state index in [0.717, 1.165) is 34.4 Å². The molecule has 0 aliphatic rings. The first-order valence-corrected chi connectivity index (χ1v) is 43.8. The molecule has 0 aliphatic carbocycles. The van der Waals surface area contributed by atoms with Crippen molar-refractivity contribution in [3.05, 3.63) is 434 Å². The molecule has 6 heteroatoms. The Balaban J connectivity index is 0.000000154. The van der Waals surface area contributed by atoms with Crippen molar-refractivity contribution in [2.24, 2.45) is 0 Å². The molecule has 0 unspecified atom stereocenters. The summed E-state index contributed by atoms with van der Waals surface area (Å²) >= 11 is 0. The number of benzene rings is 15. The minimum Gasteiger partial charge on any atom is -0.310 e. The van der Waals surface area contributed by atoms with Crippen molar-refractivity contribution in [3.63, 3.8) is 0 Å². The monoisotopic (exact) mass is 1660 g/mol. The molecule has 0 aromatic heterocycles. The van der Waals surface area contributed by atoms with E-state index in [4.69, 9.17) is 0 Å². The van der Waals surface area contributed by atoms with Crippen molar-refractivity contribution < 1.29 is 13.2 Å². The third-order valence-corrected chi connectivity index (χ3v) is 22.4. The quantitative estimate of drug-likeness (QED) is 0.114. The number of anilines is 9. The van der Waals surface area contributed by atoms with Crippen LogP contribution >= 0.6 is 0 Å². The van der Waals surface area contributed by atoms with Gasteiger partial charge in [-0.1, -0.05) is 317 Å². The third-order valence-electron chi connectivity index (χ3n) is 22.4. The maximum atomic E-state index is 12.5. The van der Waals surface area contributed by atoms with Gasteiger partial charge in [0, 0.05) is 51.2 Å². The van der Waals surface area contributed by atoms with Crippen molar-refractivity contribution in [2.45, 2.75) is 194 Å². The van der Waals surface area contributed by atoms with Gasteiger partial charge in [-0.3, -0.25) is 0 Å². The molecule has 640 valence electrons. The van der Waals surface area contributed by atoms with E-state index in [1.165, 1.54) is 175 Å². The van der Waals surface area contributed by atoms with Gasteiger partial charge in [-0.05, 0) is 344 Å². The molecule has 0 aliphatic heterocycles. The maximum Gasteiger partial charge on any atom is 0.416 e. The number of rotatable bonds is 13. The van der Waals surface area contributed by atoms with Gasteiger partial charge in [0.25, 0.3) is 0 Å². The van der Waals surface area contributed by atoms with E-state index in [1.807, 2.05) is 44.2 Å². The van der Waals surface area contributed by atoms with Crippen LogP contribution < -0.4 is 14.7 Å². The smallest absolute Gasteiger partial charge is 0.310 e. The highest BCUT2D eigenvalue weighted by Gasteiger charge is 2.30. The van der Waals surface area contributed by atoms with Gasteiger partial charge in [-0.25, -0.2) is 0 Å². The summed E-state index contributed by atoms with van der Waals surface area (Å²) < 4.78 is 37.4. The molecule has 0 saturated heterocycles. The lowest BCUT2D eigenvalue weighted by atomic mass is 9.85. The van der Waals surface area contributed by atoms with E-state index in [0.29, 0.717) is 0 Å². The summed E-state index contributed by atoms with van der Waals surface area (Å²) in [6.07, 6.45) is -4.28. The number of hydrogen-bond acceptors (Lipinski definition) is 3. The van der Waals surface area contributed by atoms with Gasteiger partial charge in [-0.2, -0.15) is 13.2 Å². The zero-order chi connectivity index (χ0) is 90.5. The molecule has 3 nitrogen and oxygen atoms in total. The molecule has 0 fully saturated rings. The van der Waals surface area contributed by atoms with E-state index in [9.17, 15) is 13.2 Å². The fraction of sp³-hybridized carbons (Fsp3) is 0.244. The fourth-order valence-corrected chi connectivity index (χ4v) is 15.9. The Morgan fingerprint density at radius 3 is 0.552 bits per heavy atom. The summed E-state index contributed by atoms with van der Waals surface area (Å²) in [7, 11) is 0. The first-order valence-electron chi connectivity index (χ1n) is 43.8. The Labute approximate surface area is 747 Å². The molecule has 0 heterocycles.